The van der Waals surface area contributed by atoms with E-state index in [0.29, 0.717) is 13.0 Å². The van der Waals surface area contributed by atoms with Crippen molar-refractivity contribution in [2.45, 2.75) is 62.6 Å². The van der Waals surface area contributed by atoms with Gasteiger partial charge in [-0.2, -0.15) is 0 Å². The van der Waals surface area contributed by atoms with Crippen molar-refractivity contribution in [3.63, 3.8) is 0 Å². The Morgan fingerprint density at radius 3 is 2.60 bits per heavy atom. The number of aryl methyl sites for hydroxylation is 1. The van der Waals surface area contributed by atoms with E-state index in [1.165, 1.54) is 16.7 Å². The molecule has 184 valence electrons. The number of likely N-dealkylation sites (tertiary alicyclic amines) is 1. The molecule has 6 heteroatoms. The van der Waals surface area contributed by atoms with Gasteiger partial charge in [-0.05, 0) is 73.7 Å². The minimum absolute atomic E-state index is 0.00643. The number of hydrogen-bond acceptors (Lipinski definition) is 4. The van der Waals surface area contributed by atoms with Crippen molar-refractivity contribution in [2.75, 3.05) is 26.2 Å². The minimum Gasteiger partial charge on any atom is -0.347 e. The summed E-state index contributed by atoms with van der Waals surface area (Å²) in [7, 11) is 0. The fourth-order valence-corrected chi connectivity index (χ4v) is 6.90. The summed E-state index contributed by atoms with van der Waals surface area (Å²) < 4.78 is 0. The summed E-state index contributed by atoms with van der Waals surface area (Å²) in [5, 5.41) is 10.3. The van der Waals surface area contributed by atoms with E-state index >= 15 is 0 Å². The average molecular weight is 473 g/mol. The molecular weight excluding hydrogens is 436 g/mol. The molecule has 3 aliphatic heterocycles. The molecule has 35 heavy (non-hydrogen) atoms. The number of nitrogens with one attached hydrogen (secondary N) is 3. The van der Waals surface area contributed by atoms with E-state index < -0.39 is 6.04 Å². The Bertz CT molecular complexity index is 1080. The lowest BCUT2D eigenvalue weighted by molar-refractivity contribution is -0.140. The summed E-state index contributed by atoms with van der Waals surface area (Å²) in [6.07, 6.45) is 5.70. The van der Waals surface area contributed by atoms with Crippen LogP contribution in [-0.2, 0) is 16.0 Å². The van der Waals surface area contributed by atoms with Crippen LogP contribution in [0.1, 0.15) is 60.8 Å². The Morgan fingerprint density at radius 2 is 1.77 bits per heavy atom. The Labute approximate surface area is 207 Å². The Kier molecular flexibility index (Phi) is 6.11. The van der Waals surface area contributed by atoms with Gasteiger partial charge < -0.3 is 20.9 Å². The second-order valence-electron chi connectivity index (χ2n) is 11.0. The number of benzene rings is 2. The van der Waals surface area contributed by atoms with Gasteiger partial charge in [-0.25, -0.2) is 0 Å². The lowest BCUT2D eigenvalue weighted by Crippen LogP contribution is -2.51. The van der Waals surface area contributed by atoms with Crippen LogP contribution in [0.5, 0.6) is 0 Å². The number of carbonyl (C=O) groups is 2. The smallest absolute Gasteiger partial charge is 0.243 e. The van der Waals surface area contributed by atoms with Crippen LogP contribution in [0.25, 0.3) is 0 Å². The molecule has 3 N–H and O–H groups in total. The molecule has 2 amide bonds. The first-order valence-electron chi connectivity index (χ1n) is 13.3. The summed E-state index contributed by atoms with van der Waals surface area (Å²) in [5.41, 5.74) is 3.97. The molecule has 2 aromatic carbocycles. The van der Waals surface area contributed by atoms with Crippen molar-refractivity contribution in [1.29, 1.82) is 0 Å². The molecule has 1 aliphatic carbocycles. The maximum atomic E-state index is 13.9. The van der Waals surface area contributed by atoms with E-state index in [-0.39, 0.29) is 35.2 Å². The maximum Gasteiger partial charge on any atom is 0.243 e. The molecule has 0 aromatic heterocycles. The molecule has 2 aromatic rings. The largest absolute Gasteiger partial charge is 0.347 e. The van der Waals surface area contributed by atoms with Gasteiger partial charge in [-0.15, -0.1) is 0 Å². The molecule has 3 saturated heterocycles. The fourth-order valence-electron chi connectivity index (χ4n) is 6.90. The Morgan fingerprint density at radius 1 is 1.00 bits per heavy atom. The summed E-state index contributed by atoms with van der Waals surface area (Å²) in [4.78, 5) is 29.4. The number of hydrogen-bond donors (Lipinski definition) is 3. The van der Waals surface area contributed by atoms with Crippen LogP contribution < -0.4 is 16.0 Å². The number of piperidine rings is 1. The van der Waals surface area contributed by atoms with Crippen LogP contribution in [0, 0.1) is 5.41 Å². The van der Waals surface area contributed by atoms with Crippen molar-refractivity contribution < 1.29 is 9.59 Å². The minimum atomic E-state index is -0.424. The van der Waals surface area contributed by atoms with Crippen molar-refractivity contribution in [3.05, 3.63) is 71.3 Å². The molecule has 3 fully saturated rings. The zero-order valence-electron chi connectivity index (χ0n) is 20.3. The Hall–Kier alpha value is -2.70. The fraction of sp³-hybridized carbons (Fsp3) is 0.517. The van der Waals surface area contributed by atoms with Crippen LogP contribution in [0.15, 0.2) is 54.6 Å². The van der Waals surface area contributed by atoms with Gasteiger partial charge in [-0.1, -0.05) is 54.6 Å². The first-order valence-corrected chi connectivity index (χ1v) is 13.3. The predicted octanol–water partition coefficient (Wildman–Crippen LogP) is 2.91. The second kappa shape index (κ2) is 9.40. The van der Waals surface area contributed by atoms with Gasteiger partial charge in [0.1, 0.15) is 6.04 Å². The van der Waals surface area contributed by atoms with Gasteiger partial charge in [0.05, 0.1) is 12.1 Å². The van der Waals surface area contributed by atoms with Crippen molar-refractivity contribution >= 4 is 11.8 Å². The van der Waals surface area contributed by atoms with E-state index in [1.807, 2.05) is 29.2 Å². The second-order valence-corrected chi connectivity index (χ2v) is 11.0. The van der Waals surface area contributed by atoms with Crippen molar-refractivity contribution in [3.8, 4) is 0 Å². The van der Waals surface area contributed by atoms with Gasteiger partial charge in [0.2, 0.25) is 11.8 Å². The molecule has 4 unspecified atom stereocenters. The zero-order chi connectivity index (χ0) is 23.8. The highest BCUT2D eigenvalue weighted by Crippen LogP contribution is 2.40. The van der Waals surface area contributed by atoms with Gasteiger partial charge in [0.15, 0.2) is 0 Å². The highest BCUT2D eigenvalue weighted by atomic mass is 16.2. The van der Waals surface area contributed by atoms with Crippen molar-refractivity contribution in [1.82, 2.24) is 20.9 Å². The predicted molar refractivity (Wildman–Crippen MR) is 136 cm³/mol. The molecule has 0 saturated carbocycles. The van der Waals surface area contributed by atoms with Crippen LogP contribution in [0.3, 0.4) is 0 Å². The normalized spacial score (nSPS) is 29.3. The molecule has 1 spiro atoms. The van der Waals surface area contributed by atoms with Gasteiger partial charge in [-0.3, -0.25) is 9.59 Å². The number of amides is 2. The summed E-state index contributed by atoms with van der Waals surface area (Å²) in [6, 6.07) is 18.2. The van der Waals surface area contributed by atoms with E-state index in [1.54, 1.807) is 0 Å². The van der Waals surface area contributed by atoms with E-state index in [2.05, 4.69) is 46.3 Å². The molecule has 4 atom stereocenters. The standard InChI is InChI=1S/C29H36N4O2/c34-27(32-24-11-10-21-8-4-5-9-23(21)24)26-16-22(20-6-2-1-3-7-20)18-33(26)28(35)25-17-29(19-31-25)12-14-30-15-13-29/h1-9,22,24-26,30-31H,10-19H2,(H,32,34). The van der Waals surface area contributed by atoms with E-state index in [0.717, 1.165) is 51.7 Å². The first-order chi connectivity index (χ1) is 17.1. The highest BCUT2D eigenvalue weighted by Gasteiger charge is 2.47. The summed E-state index contributed by atoms with van der Waals surface area (Å²) in [5.74, 6) is 0.278. The molecule has 6 rings (SSSR count). The maximum absolute atomic E-state index is 13.9. The van der Waals surface area contributed by atoms with Gasteiger partial charge in [0.25, 0.3) is 0 Å². The zero-order valence-corrected chi connectivity index (χ0v) is 20.3. The molecular formula is C29H36N4O2. The van der Waals surface area contributed by atoms with Gasteiger partial charge >= 0.3 is 0 Å². The summed E-state index contributed by atoms with van der Waals surface area (Å²) in [6.45, 7) is 3.55. The van der Waals surface area contributed by atoms with Crippen LogP contribution in [-0.4, -0.2) is 55.0 Å². The third-order valence-corrected chi connectivity index (χ3v) is 8.93. The molecule has 4 aliphatic rings. The Balaban J connectivity index is 1.21. The molecule has 3 heterocycles. The number of nitrogens with zero attached hydrogens (tertiary/aromatic N) is 1. The number of rotatable bonds is 4. The number of carbonyl (C=O) groups excluding carboxylic acids is 2. The van der Waals surface area contributed by atoms with Crippen LogP contribution in [0.2, 0.25) is 0 Å². The monoisotopic (exact) mass is 472 g/mol. The highest BCUT2D eigenvalue weighted by molar-refractivity contribution is 5.91. The lowest BCUT2D eigenvalue weighted by Gasteiger charge is -2.33. The lowest BCUT2D eigenvalue weighted by atomic mass is 9.77. The van der Waals surface area contributed by atoms with E-state index in [4.69, 9.17) is 0 Å². The van der Waals surface area contributed by atoms with Gasteiger partial charge in [0, 0.05) is 19.0 Å². The van der Waals surface area contributed by atoms with Crippen LogP contribution >= 0.6 is 0 Å². The first kappa shape index (κ1) is 22.7. The third kappa shape index (κ3) is 4.38. The van der Waals surface area contributed by atoms with Crippen LogP contribution in [0.4, 0.5) is 0 Å². The van der Waals surface area contributed by atoms with Crippen molar-refractivity contribution in [2.24, 2.45) is 5.41 Å². The SMILES string of the molecule is O=C(NC1CCc2ccccc21)C1CC(c2ccccc2)CN1C(=O)C1CC2(CCNCC2)CN1. The molecule has 0 radical (unpaired) electrons. The van der Waals surface area contributed by atoms with E-state index in [9.17, 15) is 9.59 Å². The average Bonchev–Trinajstić information content (AvgIpc) is 3.63. The number of fused-ring (bicyclic) bond motifs is 1. The quantitative estimate of drug-likeness (QED) is 0.640. The summed E-state index contributed by atoms with van der Waals surface area (Å²) >= 11 is 0. The molecule has 6 nitrogen and oxygen atoms in total. The topological polar surface area (TPSA) is 73.5 Å². The molecule has 0 bridgehead atoms. The third-order valence-electron chi connectivity index (χ3n) is 8.93.